The number of fused-ring (bicyclic) bond motifs is 1. The van der Waals surface area contributed by atoms with Crippen LogP contribution in [0.3, 0.4) is 0 Å². The van der Waals surface area contributed by atoms with Gasteiger partial charge in [0.25, 0.3) is 0 Å². The smallest absolute Gasteiger partial charge is 0.190 e. The molecule has 9 heteroatoms. The number of hydrogen-bond acceptors (Lipinski definition) is 9. The maximum atomic E-state index is 6.63. The molecule has 3 aliphatic heterocycles. The van der Waals surface area contributed by atoms with Crippen LogP contribution in [-0.4, -0.2) is 88.7 Å². The predicted molar refractivity (Wildman–Crippen MR) is 120 cm³/mol. The van der Waals surface area contributed by atoms with Crippen molar-refractivity contribution >= 4 is 0 Å². The molecule has 2 spiro atoms. The molecule has 3 heterocycles. The van der Waals surface area contributed by atoms with Gasteiger partial charge in [-0.1, -0.05) is 12.8 Å². The lowest BCUT2D eigenvalue weighted by atomic mass is 9.94. The van der Waals surface area contributed by atoms with Crippen molar-refractivity contribution in [3.8, 4) is 0 Å². The molecule has 0 aromatic rings. The van der Waals surface area contributed by atoms with E-state index in [1.807, 2.05) is 6.92 Å². The molecule has 3 saturated heterocycles. The van der Waals surface area contributed by atoms with Gasteiger partial charge in [0.05, 0.1) is 33.0 Å². The fraction of sp³-hybridized carbons (Fsp3) is 1.00. The van der Waals surface area contributed by atoms with Crippen LogP contribution < -0.4 is 0 Å². The van der Waals surface area contributed by atoms with Crippen molar-refractivity contribution in [2.24, 2.45) is 0 Å². The topological polar surface area (TPSA) is 83.1 Å². The molecule has 5 rings (SSSR count). The van der Waals surface area contributed by atoms with Crippen molar-refractivity contribution in [3.63, 3.8) is 0 Å². The van der Waals surface area contributed by atoms with Crippen molar-refractivity contribution in [1.82, 2.24) is 0 Å². The normalized spacial score (nSPS) is 37.4. The third-order valence-corrected chi connectivity index (χ3v) is 7.72. The van der Waals surface area contributed by atoms with Gasteiger partial charge in [-0.2, -0.15) is 0 Å². The van der Waals surface area contributed by atoms with Crippen LogP contribution in [0.15, 0.2) is 0 Å². The molecule has 2 unspecified atom stereocenters. The summed E-state index contributed by atoms with van der Waals surface area (Å²) in [5.74, 6) is -0.986. The Morgan fingerprint density at radius 3 is 2.18 bits per heavy atom. The van der Waals surface area contributed by atoms with Gasteiger partial charge in [-0.05, 0) is 32.6 Å². The van der Waals surface area contributed by atoms with E-state index in [-0.39, 0.29) is 24.4 Å². The van der Waals surface area contributed by atoms with Gasteiger partial charge in [0.2, 0.25) is 0 Å². The summed E-state index contributed by atoms with van der Waals surface area (Å²) in [5.41, 5.74) is 0. The van der Waals surface area contributed by atoms with Crippen LogP contribution in [0.4, 0.5) is 0 Å². The Kier molecular flexibility index (Phi) is 8.45. The summed E-state index contributed by atoms with van der Waals surface area (Å²) in [6.07, 6.45) is 8.64. The fourth-order valence-corrected chi connectivity index (χ4v) is 6.00. The van der Waals surface area contributed by atoms with Crippen molar-refractivity contribution in [2.75, 3.05) is 40.1 Å². The van der Waals surface area contributed by atoms with E-state index >= 15 is 0 Å². The molecule has 2 aliphatic carbocycles. The van der Waals surface area contributed by atoms with E-state index in [1.54, 1.807) is 7.11 Å². The standard InChI is InChI=1S/C25H42O9/c1-18(28-16-15-27-14-13-26-2)30-23-22-21(33-25(34-22)11-7-4-8-12-25)20(31-23)19-17-29-24(32-19)9-5-3-6-10-24/h18-23H,3-17H2,1-2H3/t18?,19-,20+,21-,22-,23?/m0/s1. The van der Waals surface area contributed by atoms with Gasteiger partial charge in [0.15, 0.2) is 24.2 Å². The van der Waals surface area contributed by atoms with Crippen molar-refractivity contribution in [1.29, 1.82) is 0 Å². The summed E-state index contributed by atoms with van der Waals surface area (Å²) in [7, 11) is 1.65. The highest BCUT2D eigenvalue weighted by Crippen LogP contribution is 2.49. The molecule has 9 nitrogen and oxygen atoms in total. The van der Waals surface area contributed by atoms with Gasteiger partial charge < -0.3 is 42.6 Å². The minimum absolute atomic E-state index is 0.188. The Labute approximate surface area is 202 Å². The highest BCUT2D eigenvalue weighted by Gasteiger charge is 2.62. The zero-order valence-electron chi connectivity index (χ0n) is 20.7. The number of methoxy groups -OCH3 is 1. The monoisotopic (exact) mass is 486 g/mol. The second kappa shape index (κ2) is 11.4. The van der Waals surface area contributed by atoms with Crippen LogP contribution in [-0.2, 0) is 42.6 Å². The molecule has 0 amide bonds. The maximum absolute atomic E-state index is 6.63. The molecule has 2 saturated carbocycles. The Bertz CT molecular complexity index is 634. The van der Waals surface area contributed by atoms with Crippen LogP contribution in [0.25, 0.3) is 0 Å². The van der Waals surface area contributed by atoms with Crippen LogP contribution >= 0.6 is 0 Å². The molecule has 0 N–H and O–H groups in total. The first-order valence-corrected chi connectivity index (χ1v) is 13.3. The highest BCUT2D eigenvalue weighted by molar-refractivity contribution is 5.02. The summed E-state index contributed by atoms with van der Waals surface area (Å²) < 4.78 is 54.8. The Morgan fingerprint density at radius 2 is 1.44 bits per heavy atom. The van der Waals surface area contributed by atoms with E-state index in [4.69, 9.17) is 42.6 Å². The molecule has 0 radical (unpaired) electrons. The van der Waals surface area contributed by atoms with Crippen LogP contribution in [0.2, 0.25) is 0 Å². The fourth-order valence-electron chi connectivity index (χ4n) is 6.00. The molecule has 34 heavy (non-hydrogen) atoms. The summed E-state index contributed by atoms with van der Waals surface area (Å²) in [6.45, 7) is 4.42. The molecule has 0 aromatic heterocycles. The lowest BCUT2D eigenvalue weighted by Gasteiger charge is -2.35. The lowest BCUT2D eigenvalue weighted by molar-refractivity contribution is -0.296. The van der Waals surface area contributed by atoms with E-state index < -0.39 is 24.2 Å². The maximum Gasteiger partial charge on any atom is 0.190 e. The van der Waals surface area contributed by atoms with Gasteiger partial charge in [-0.15, -0.1) is 0 Å². The average molecular weight is 487 g/mol. The number of rotatable bonds is 10. The van der Waals surface area contributed by atoms with Crippen LogP contribution in [0, 0.1) is 0 Å². The third-order valence-electron chi connectivity index (χ3n) is 7.72. The Balaban J connectivity index is 1.20. The molecule has 0 bridgehead atoms. The highest BCUT2D eigenvalue weighted by atomic mass is 16.8. The molecule has 5 aliphatic rings. The first-order valence-electron chi connectivity index (χ1n) is 13.3. The molecule has 5 fully saturated rings. The summed E-state index contributed by atoms with van der Waals surface area (Å²) in [6, 6.07) is 0. The number of hydrogen-bond donors (Lipinski definition) is 0. The minimum atomic E-state index is -0.577. The zero-order chi connectivity index (χ0) is 23.4. The van der Waals surface area contributed by atoms with Gasteiger partial charge in [-0.25, -0.2) is 0 Å². The van der Waals surface area contributed by atoms with Crippen LogP contribution in [0.5, 0.6) is 0 Å². The van der Waals surface area contributed by atoms with Crippen molar-refractivity contribution < 1.29 is 42.6 Å². The zero-order valence-corrected chi connectivity index (χ0v) is 20.7. The molecule has 0 aromatic carbocycles. The number of ether oxygens (including phenoxy) is 9. The first-order chi connectivity index (χ1) is 16.6. The summed E-state index contributed by atoms with van der Waals surface area (Å²) in [4.78, 5) is 0. The van der Waals surface area contributed by atoms with E-state index in [1.165, 1.54) is 12.8 Å². The molecular weight excluding hydrogens is 444 g/mol. The minimum Gasteiger partial charge on any atom is -0.382 e. The summed E-state index contributed by atoms with van der Waals surface area (Å²) >= 11 is 0. The van der Waals surface area contributed by atoms with E-state index in [2.05, 4.69) is 0 Å². The van der Waals surface area contributed by atoms with Crippen LogP contribution in [0.1, 0.15) is 71.1 Å². The first kappa shape index (κ1) is 25.3. The van der Waals surface area contributed by atoms with Crippen molar-refractivity contribution in [2.45, 2.75) is 120 Å². The Hall–Kier alpha value is -0.360. The second-order valence-electron chi connectivity index (χ2n) is 10.2. The Morgan fingerprint density at radius 1 is 0.765 bits per heavy atom. The van der Waals surface area contributed by atoms with Gasteiger partial charge in [-0.3, -0.25) is 0 Å². The lowest BCUT2D eigenvalue weighted by Crippen LogP contribution is -2.43. The third kappa shape index (κ3) is 5.63. The van der Waals surface area contributed by atoms with E-state index in [9.17, 15) is 0 Å². The molecular formula is C25H42O9. The average Bonchev–Trinajstić information content (AvgIpc) is 3.50. The van der Waals surface area contributed by atoms with E-state index in [0.29, 0.717) is 33.0 Å². The molecule has 6 atom stereocenters. The molecule has 196 valence electrons. The van der Waals surface area contributed by atoms with Crippen molar-refractivity contribution in [3.05, 3.63) is 0 Å². The second-order valence-corrected chi connectivity index (χ2v) is 10.2. The van der Waals surface area contributed by atoms with Gasteiger partial charge in [0.1, 0.15) is 24.4 Å². The van der Waals surface area contributed by atoms with Gasteiger partial charge in [0, 0.05) is 32.8 Å². The SMILES string of the molecule is COCCOCCOC(C)OC1O[C@H]([C@@H]2COC3(CCCCC3)O2)[C@@H]2OC3(CCCCC3)O[C@H]12. The largest absolute Gasteiger partial charge is 0.382 e. The summed E-state index contributed by atoms with van der Waals surface area (Å²) in [5, 5.41) is 0. The quantitative estimate of drug-likeness (QED) is 0.341. The van der Waals surface area contributed by atoms with Gasteiger partial charge >= 0.3 is 0 Å². The predicted octanol–water partition coefficient (Wildman–Crippen LogP) is 3.27. The van der Waals surface area contributed by atoms with E-state index in [0.717, 1.165) is 51.4 Å².